The number of nitrogens with one attached hydrogen (secondary N) is 1. The number of aryl methyl sites for hydroxylation is 1. The second kappa shape index (κ2) is 6.20. The molecule has 4 rings (SSSR count). The van der Waals surface area contributed by atoms with Gasteiger partial charge in [-0.1, -0.05) is 0 Å². The zero-order chi connectivity index (χ0) is 16.7. The van der Waals surface area contributed by atoms with Gasteiger partial charge in [0.25, 0.3) is 5.91 Å². The zero-order valence-corrected chi connectivity index (χ0v) is 14.0. The molecular weight excluding hydrogens is 306 g/mol. The van der Waals surface area contributed by atoms with Crippen LogP contribution >= 0.6 is 0 Å². The topological polar surface area (TPSA) is 95.3 Å². The summed E-state index contributed by atoms with van der Waals surface area (Å²) < 4.78 is 0. The van der Waals surface area contributed by atoms with Gasteiger partial charge in [-0.2, -0.15) is 5.10 Å². The molecule has 24 heavy (non-hydrogen) atoms. The minimum absolute atomic E-state index is 0.0510. The van der Waals surface area contributed by atoms with Crippen LogP contribution in [0.3, 0.4) is 0 Å². The highest BCUT2D eigenvalue weighted by molar-refractivity contribution is 5.94. The maximum atomic E-state index is 12.9. The molecule has 2 saturated heterocycles. The van der Waals surface area contributed by atoms with Gasteiger partial charge in [-0.05, 0) is 38.0 Å². The van der Waals surface area contributed by atoms with Crippen molar-refractivity contribution in [2.75, 3.05) is 26.2 Å². The van der Waals surface area contributed by atoms with E-state index in [1.54, 1.807) is 0 Å². The van der Waals surface area contributed by atoms with Crippen LogP contribution in [0.25, 0.3) is 0 Å². The highest BCUT2D eigenvalue weighted by Crippen LogP contribution is 2.32. The van der Waals surface area contributed by atoms with Gasteiger partial charge in [-0.3, -0.25) is 14.7 Å². The van der Waals surface area contributed by atoms with Crippen molar-refractivity contribution in [2.24, 2.45) is 11.7 Å². The first-order chi connectivity index (χ1) is 11.7. The molecule has 0 spiro atoms. The maximum absolute atomic E-state index is 12.9. The van der Waals surface area contributed by atoms with Gasteiger partial charge >= 0.3 is 0 Å². The Morgan fingerprint density at radius 1 is 1.29 bits per heavy atom. The predicted octanol–water partition coefficient (Wildman–Crippen LogP) is 0.310. The molecule has 2 atom stereocenters. The van der Waals surface area contributed by atoms with Crippen LogP contribution in [-0.4, -0.2) is 64.0 Å². The number of hydrogen-bond donors (Lipinski definition) is 2. The van der Waals surface area contributed by atoms with Crippen LogP contribution in [0.15, 0.2) is 0 Å². The molecule has 0 aromatic carbocycles. The van der Waals surface area contributed by atoms with E-state index in [4.69, 9.17) is 5.73 Å². The number of aromatic nitrogens is 2. The number of likely N-dealkylation sites (tertiary alicyclic amines) is 2. The number of nitrogens with two attached hydrogens (primary N) is 1. The zero-order valence-electron chi connectivity index (χ0n) is 14.0. The van der Waals surface area contributed by atoms with Gasteiger partial charge in [0.2, 0.25) is 5.91 Å². The number of H-pyrrole nitrogens is 1. The van der Waals surface area contributed by atoms with E-state index in [-0.39, 0.29) is 17.9 Å². The van der Waals surface area contributed by atoms with Crippen LogP contribution < -0.4 is 5.73 Å². The van der Waals surface area contributed by atoms with Crippen molar-refractivity contribution in [3.8, 4) is 0 Å². The average Bonchev–Trinajstić information content (AvgIpc) is 3.20. The Hall–Kier alpha value is -1.89. The fourth-order valence-electron chi connectivity index (χ4n) is 4.61. The summed E-state index contributed by atoms with van der Waals surface area (Å²) in [5.74, 6) is 0.626. The van der Waals surface area contributed by atoms with E-state index in [9.17, 15) is 9.59 Å². The minimum atomic E-state index is 0.0510. The van der Waals surface area contributed by atoms with Gasteiger partial charge in [0.1, 0.15) is 0 Å². The van der Waals surface area contributed by atoms with Crippen molar-refractivity contribution in [3.63, 3.8) is 0 Å². The van der Waals surface area contributed by atoms with E-state index in [0.29, 0.717) is 37.7 Å². The van der Waals surface area contributed by atoms with E-state index < -0.39 is 0 Å². The summed E-state index contributed by atoms with van der Waals surface area (Å²) in [6.07, 6.45) is 5.33. The number of piperidine rings is 2. The molecule has 0 bridgehead atoms. The summed E-state index contributed by atoms with van der Waals surface area (Å²) in [6, 6.07) is 0.240. The fraction of sp³-hybridized carbons (Fsp3) is 0.706. The Kier molecular flexibility index (Phi) is 4.04. The molecule has 1 aromatic heterocycles. The Morgan fingerprint density at radius 3 is 3.00 bits per heavy atom. The van der Waals surface area contributed by atoms with Crippen molar-refractivity contribution in [1.29, 1.82) is 0 Å². The lowest BCUT2D eigenvalue weighted by Gasteiger charge is -2.47. The maximum Gasteiger partial charge on any atom is 0.274 e. The van der Waals surface area contributed by atoms with Gasteiger partial charge in [0.15, 0.2) is 5.69 Å². The third kappa shape index (κ3) is 2.51. The number of rotatable bonds is 3. The molecule has 2 amide bonds. The van der Waals surface area contributed by atoms with Gasteiger partial charge in [0.05, 0.1) is 0 Å². The SMILES string of the molecule is NCCN1C(=O)CCC2CN(C(=O)c3n[nH]c4c3CCC4)CCC21. The molecule has 3 heterocycles. The predicted molar refractivity (Wildman–Crippen MR) is 88.4 cm³/mol. The Morgan fingerprint density at radius 2 is 2.17 bits per heavy atom. The molecular formula is C17H25N5O2. The van der Waals surface area contributed by atoms with Crippen molar-refractivity contribution in [3.05, 3.63) is 17.0 Å². The third-order valence-electron chi connectivity index (χ3n) is 5.81. The van der Waals surface area contributed by atoms with Crippen LogP contribution in [0.1, 0.15) is 47.4 Å². The lowest BCUT2D eigenvalue weighted by atomic mass is 9.83. The second-order valence-corrected chi connectivity index (χ2v) is 7.16. The van der Waals surface area contributed by atoms with Crippen LogP contribution in [-0.2, 0) is 17.6 Å². The lowest BCUT2D eigenvalue weighted by Crippen LogP contribution is -2.57. The first kappa shape index (κ1) is 15.6. The Balaban J connectivity index is 1.48. The van der Waals surface area contributed by atoms with E-state index in [1.165, 1.54) is 0 Å². The number of amides is 2. The highest BCUT2D eigenvalue weighted by Gasteiger charge is 2.40. The molecule has 2 aliphatic heterocycles. The standard InChI is InChI=1S/C17H25N5O2/c18-7-9-22-14-6-8-21(10-11(14)4-5-15(22)23)17(24)16-12-2-1-3-13(12)19-20-16/h11,14H,1-10,18H2,(H,19,20). The molecule has 0 radical (unpaired) electrons. The number of nitrogens with zero attached hydrogens (tertiary/aromatic N) is 3. The average molecular weight is 331 g/mol. The molecule has 7 nitrogen and oxygen atoms in total. The highest BCUT2D eigenvalue weighted by atomic mass is 16.2. The normalized spacial score (nSPS) is 26.5. The van der Waals surface area contributed by atoms with E-state index in [0.717, 1.165) is 49.9 Å². The van der Waals surface area contributed by atoms with Gasteiger partial charge in [-0.15, -0.1) is 0 Å². The van der Waals surface area contributed by atoms with Crippen LogP contribution in [0.4, 0.5) is 0 Å². The van der Waals surface area contributed by atoms with Crippen molar-refractivity contribution < 1.29 is 9.59 Å². The molecule has 3 aliphatic rings. The van der Waals surface area contributed by atoms with Gasteiger partial charge in [-0.25, -0.2) is 0 Å². The molecule has 3 N–H and O–H groups in total. The van der Waals surface area contributed by atoms with Crippen molar-refractivity contribution >= 4 is 11.8 Å². The van der Waals surface area contributed by atoms with Crippen LogP contribution in [0.2, 0.25) is 0 Å². The molecule has 130 valence electrons. The second-order valence-electron chi connectivity index (χ2n) is 7.16. The number of aromatic amines is 1. The lowest BCUT2D eigenvalue weighted by molar-refractivity contribution is -0.140. The summed E-state index contributed by atoms with van der Waals surface area (Å²) in [5.41, 5.74) is 8.53. The number of fused-ring (bicyclic) bond motifs is 2. The van der Waals surface area contributed by atoms with E-state index in [2.05, 4.69) is 10.2 Å². The molecule has 0 saturated carbocycles. The summed E-state index contributed by atoms with van der Waals surface area (Å²) in [4.78, 5) is 28.9. The van der Waals surface area contributed by atoms with E-state index in [1.807, 2.05) is 9.80 Å². The van der Waals surface area contributed by atoms with Crippen LogP contribution in [0, 0.1) is 5.92 Å². The molecule has 2 fully saturated rings. The third-order valence-corrected chi connectivity index (χ3v) is 5.81. The molecule has 7 heteroatoms. The molecule has 1 aromatic rings. The Bertz CT molecular complexity index is 655. The first-order valence-electron chi connectivity index (χ1n) is 9.04. The summed E-state index contributed by atoms with van der Waals surface area (Å²) in [7, 11) is 0. The molecule has 2 unspecified atom stereocenters. The summed E-state index contributed by atoms with van der Waals surface area (Å²) in [6.45, 7) is 2.54. The van der Waals surface area contributed by atoms with Crippen molar-refractivity contribution in [2.45, 2.75) is 44.6 Å². The van der Waals surface area contributed by atoms with Crippen LogP contribution in [0.5, 0.6) is 0 Å². The monoisotopic (exact) mass is 331 g/mol. The molecule has 1 aliphatic carbocycles. The first-order valence-corrected chi connectivity index (χ1v) is 9.04. The number of carbonyl (C=O) groups is 2. The largest absolute Gasteiger partial charge is 0.338 e. The van der Waals surface area contributed by atoms with Gasteiger partial charge in [0, 0.05) is 49.9 Å². The van der Waals surface area contributed by atoms with Gasteiger partial charge < -0.3 is 15.5 Å². The summed E-state index contributed by atoms with van der Waals surface area (Å²) in [5, 5.41) is 7.30. The fourth-order valence-corrected chi connectivity index (χ4v) is 4.61. The minimum Gasteiger partial charge on any atom is -0.338 e. The number of carbonyl (C=O) groups excluding carboxylic acids is 2. The van der Waals surface area contributed by atoms with E-state index >= 15 is 0 Å². The number of hydrogen-bond acceptors (Lipinski definition) is 4. The quantitative estimate of drug-likeness (QED) is 0.833. The Labute approximate surface area is 141 Å². The smallest absolute Gasteiger partial charge is 0.274 e. The van der Waals surface area contributed by atoms with Crippen molar-refractivity contribution in [1.82, 2.24) is 20.0 Å². The summed E-state index contributed by atoms with van der Waals surface area (Å²) >= 11 is 0.